The van der Waals surface area contributed by atoms with Gasteiger partial charge in [-0.15, -0.1) is 0 Å². The standard InChI is InChI=1S/C18H21NO4S/c1-12-9-17(22-4)18(10-13(12)2)24(20,21)19-11-14(3)23-16-8-6-5-7-15(16)19/h5-10,14H,11H2,1-4H3. The maximum atomic E-state index is 13.3. The zero-order valence-electron chi connectivity index (χ0n) is 14.2. The molecule has 0 aliphatic carbocycles. The van der Waals surface area contributed by atoms with E-state index in [-0.39, 0.29) is 17.5 Å². The molecule has 0 saturated carbocycles. The van der Waals surface area contributed by atoms with Crippen molar-refractivity contribution in [3.05, 3.63) is 47.5 Å². The lowest BCUT2D eigenvalue weighted by atomic mass is 10.1. The van der Waals surface area contributed by atoms with Crippen molar-refractivity contribution in [3.63, 3.8) is 0 Å². The fourth-order valence-electron chi connectivity index (χ4n) is 2.82. The van der Waals surface area contributed by atoms with Crippen LogP contribution in [0.1, 0.15) is 18.1 Å². The van der Waals surface area contributed by atoms with Crippen LogP contribution in [-0.2, 0) is 10.0 Å². The number of rotatable bonds is 3. The molecule has 5 nitrogen and oxygen atoms in total. The van der Waals surface area contributed by atoms with E-state index in [1.54, 1.807) is 30.3 Å². The Morgan fingerprint density at radius 2 is 1.83 bits per heavy atom. The zero-order valence-corrected chi connectivity index (χ0v) is 15.1. The van der Waals surface area contributed by atoms with Gasteiger partial charge in [0.15, 0.2) is 0 Å². The number of fused-ring (bicyclic) bond motifs is 1. The van der Waals surface area contributed by atoms with Gasteiger partial charge in [-0.25, -0.2) is 8.42 Å². The summed E-state index contributed by atoms with van der Waals surface area (Å²) in [5.74, 6) is 0.928. The van der Waals surface area contributed by atoms with Crippen LogP contribution in [0, 0.1) is 13.8 Å². The number of nitrogens with zero attached hydrogens (tertiary/aromatic N) is 1. The van der Waals surface area contributed by atoms with E-state index < -0.39 is 10.0 Å². The van der Waals surface area contributed by atoms with Crippen LogP contribution in [0.2, 0.25) is 0 Å². The second-order valence-corrected chi connectivity index (χ2v) is 7.85. The Labute approximate surface area is 142 Å². The first kappa shape index (κ1) is 16.6. The molecule has 0 radical (unpaired) electrons. The third-order valence-electron chi connectivity index (χ3n) is 4.23. The highest BCUT2D eigenvalue weighted by Crippen LogP contribution is 2.39. The number of aryl methyl sites for hydroxylation is 2. The molecular formula is C18H21NO4S. The Morgan fingerprint density at radius 3 is 2.54 bits per heavy atom. The Bertz CT molecular complexity index is 877. The summed E-state index contributed by atoms with van der Waals surface area (Å²) in [4.78, 5) is 0.178. The summed E-state index contributed by atoms with van der Waals surface area (Å²) in [6.45, 7) is 5.94. The molecule has 1 aliphatic rings. The smallest absolute Gasteiger partial charge is 0.268 e. The van der Waals surface area contributed by atoms with Crippen LogP contribution < -0.4 is 13.8 Å². The van der Waals surface area contributed by atoms with Crippen molar-refractivity contribution in [1.82, 2.24) is 0 Å². The molecule has 0 aromatic heterocycles. The number of sulfonamides is 1. The van der Waals surface area contributed by atoms with Gasteiger partial charge in [-0.3, -0.25) is 4.31 Å². The predicted octanol–water partition coefficient (Wildman–Crippen LogP) is 3.29. The lowest BCUT2D eigenvalue weighted by molar-refractivity contribution is 0.219. The normalized spacial score (nSPS) is 17.2. The Balaban J connectivity index is 2.17. The highest BCUT2D eigenvalue weighted by atomic mass is 32.2. The van der Waals surface area contributed by atoms with Crippen LogP contribution in [0.25, 0.3) is 0 Å². The number of methoxy groups -OCH3 is 1. The van der Waals surface area contributed by atoms with Crippen LogP contribution >= 0.6 is 0 Å². The van der Waals surface area contributed by atoms with Gasteiger partial charge >= 0.3 is 0 Å². The monoisotopic (exact) mass is 347 g/mol. The van der Waals surface area contributed by atoms with Crippen molar-refractivity contribution in [2.24, 2.45) is 0 Å². The van der Waals surface area contributed by atoms with Crippen LogP contribution in [0.4, 0.5) is 5.69 Å². The van der Waals surface area contributed by atoms with Crippen molar-refractivity contribution in [2.75, 3.05) is 18.0 Å². The molecule has 0 saturated heterocycles. The summed E-state index contributed by atoms with van der Waals surface area (Å²) in [6.07, 6.45) is -0.229. The molecule has 0 spiro atoms. The minimum Gasteiger partial charge on any atom is -0.495 e. The third kappa shape index (κ3) is 2.71. The second-order valence-electron chi connectivity index (χ2n) is 6.02. The van der Waals surface area contributed by atoms with E-state index in [0.29, 0.717) is 17.2 Å². The molecule has 1 atom stereocenters. The maximum Gasteiger partial charge on any atom is 0.268 e. The Hall–Kier alpha value is -2.21. The number of hydrogen-bond donors (Lipinski definition) is 0. The van der Waals surface area contributed by atoms with Gasteiger partial charge in [-0.1, -0.05) is 12.1 Å². The summed E-state index contributed by atoms with van der Waals surface area (Å²) in [5.41, 5.74) is 2.45. The second kappa shape index (κ2) is 6.02. The average Bonchev–Trinajstić information content (AvgIpc) is 2.55. The molecule has 0 N–H and O–H groups in total. The van der Waals surface area contributed by atoms with Gasteiger partial charge < -0.3 is 9.47 Å². The summed E-state index contributed by atoms with van der Waals surface area (Å²) < 4.78 is 39.2. The van der Waals surface area contributed by atoms with Crippen molar-refractivity contribution in [2.45, 2.75) is 31.8 Å². The highest BCUT2D eigenvalue weighted by Gasteiger charge is 2.34. The molecular weight excluding hydrogens is 326 g/mol. The molecule has 1 heterocycles. The average molecular weight is 347 g/mol. The van der Waals surface area contributed by atoms with E-state index in [0.717, 1.165) is 11.1 Å². The fourth-order valence-corrected chi connectivity index (χ4v) is 4.59. The minimum atomic E-state index is -3.76. The molecule has 0 bridgehead atoms. The van der Waals surface area contributed by atoms with Crippen LogP contribution in [0.3, 0.4) is 0 Å². The molecule has 3 rings (SSSR count). The van der Waals surface area contributed by atoms with Crippen LogP contribution in [0.5, 0.6) is 11.5 Å². The van der Waals surface area contributed by atoms with Gasteiger partial charge in [0, 0.05) is 0 Å². The largest absolute Gasteiger partial charge is 0.495 e. The number of benzene rings is 2. The molecule has 2 aromatic rings. The van der Waals surface area contributed by atoms with Crippen LogP contribution in [-0.4, -0.2) is 28.2 Å². The van der Waals surface area contributed by atoms with E-state index in [1.165, 1.54) is 11.4 Å². The number of hydrogen-bond acceptors (Lipinski definition) is 4. The summed E-state index contributed by atoms with van der Waals surface area (Å²) in [6, 6.07) is 10.6. The SMILES string of the molecule is COc1cc(C)c(C)cc1S(=O)(=O)N1CC(C)Oc2ccccc21. The predicted molar refractivity (Wildman–Crippen MR) is 93.5 cm³/mol. The third-order valence-corrected chi connectivity index (χ3v) is 6.03. The molecule has 24 heavy (non-hydrogen) atoms. The van der Waals surface area contributed by atoms with Gasteiger partial charge in [-0.05, 0) is 56.2 Å². The van der Waals surface area contributed by atoms with Crippen molar-refractivity contribution >= 4 is 15.7 Å². The first-order chi connectivity index (χ1) is 11.3. The summed E-state index contributed by atoms with van der Waals surface area (Å²) >= 11 is 0. The topological polar surface area (TPSA) is 55.8 Å². The molecule has 1 aliphatic heterocycles. The van der Waals surface area contributed by atoms with Crippen molar-refractivity contribution < 1.29 is 17.9 Å². The van der Waals surface area contributed by atoms with E-state index in [1.807, 2.05) is 26.8 Å². The number of ether oxygens (including phenoxy) is 2. The van der Waals surface area contributed by atoms with E-state index in [2.05, 4.69) is 0 Å². The van der Waals surface area contributed by atoms with E-state index >= 15 is 0 Å². The molecule has 2 aromatic carbocycles. The lowest BCUT2D eigenvalue weighted by Crippen LogP contribution is -2.42. The van der Waals surface area contributed by atoms with Crippen molar-refractivity contribution in [1.29, 1.82) is 0 Å². The quantitative estimate of drug-likeness (QED) is 0.855. The molecule has 128 valence electrons. The summed E-state index contributed by atoms with van der Waals surface area (Å²) in [5, 5.41) is 0. The zero-order chi connectivity index (χ0) is 17.5. The minimum absolute atomic E-state index is 0.178. The van der Waals surface area contributed by atoms with Gasteiger partial charge in [0.1, 0.15) is 22.5 Å². The Kier molecular flexibility index (Phi) is 4.17. The van der Waals surface area contributed by atoms with E-state index in [4.69, 9.17) is 9.47 Å². The number of para-hydroxylation sites is 2. The molecule has 0 fully saturated rings. The van der Waals surface area contributed by atoms with Gasteiger partial charge in [0.05, 0.1) is 19.3 Å². The molecule has 1 unspecified atom stereocenters. The van der Waals surface area contributed by atoms with Gasteiger partial charge in [0.25, 0.3) is 10.0 Å². The van der Waals surface area contributed by atoms with Gasteiger partial charge in [-0.2, -0.15) is 0 Å². The maximum absolute atomic E-state index is 13.3. The van der Waals surface area contributed by atoms with Crippen LogP contribution in [0.15, 0.2) is 41.3 Å². The fraction of sp³-hybridized carbons (Fsp3) is 0.333. The molecule has 6 heteroatoms. The Morgan fingerprint density at radius 1 is 1.17 bits per heavy atom. The molecule has 0 amide bonds. The van der Waals surface area contributed by atoms with E-state index in [9.17, 15) is 8.42 Å². The number of anilines is 1. The van der Waals surface area contributed by atoms with Crippen molar-refractivity contribution in [3.8, 4) is 11.5 Å². The lowest BCUT2D eigenvalue weighted by Gasteiger charge is -2.34. The van der Waals surface area contributed by atoms with Gasteiger partial charge in [0.2, 0.25) is 0 Å². The highest BCUT2D eigenvalue weighted by molar-refractivity contribution is 7.93. The summed E-state index contributed by atoms with van der Waals surface area (Å²) in [7, 11) is -2.28. The first-order valence-corrected chi connectivity index (χ1v) is 9.22. The first-order valence-electron chi connectivity index (χ1n) is 7.78.